The van der Waals surface area contributed by atoms with Crippen LogP contribution in [-0.2, 0) is 10.0 Å². The van der Waals surface area contributed by atoms with Crippen LogP contribution in [0.25, 0.3) is 11.0 Å². The van der Waals surface area contributed by atoms with Crippen molar-refractivity contribution in [2.75, 3.05) is 17.8 Å². The summed E-state index contributed by atoms with van der Waals surface area (Å²) in [6, 6.07) is 8.24. The van der Waals surface area contributed by atoms with Gasteiger partial charge >= 0.3 is 0 Å². The highest BCUT2D eigenvalue weighted by molar-refractivity contribution is 7.92. The fourth-order valence-electron chi connectivity index (χ4n) is 3.18. The number of fused-ring (bicyclic) bond motifs is 1. The van der Waals surface area contributed by atoms with Gasteiger partial charge in [-0.1, -0.05) is 11.2 Å². The Hall–Kier alpha value is -2.94. The van der Waals surface area contributed by atoms with Gasteiger partial charge in [0.15, 0.2) is 11.3 Å². The molecule has 1 aliphatic heterocycles. The zero-order chi connectivity index (χ0) is 19.9. The number of carbonyl (C=O) groups excluding carboxylic acids is 1. The molecule has 2 aromatic carbocycles. The Kier molecular flexibility index (Phi) is 4.54. The lowest BCUT2D eigenvalue weighted by atomic mass is 10.2. The number of hydrogen-bond acceptors (Lipinski definition) is 5. The Labute approximate surface area is 161 Å². The van der Waals surface area contributed by atoms with Gasteiger partial charge in [-0.3, -0.25) is 9.52 Å². The summed E-state index contributed by atoms with van der Waals surface area (Å²) in [5.41, 5.74) is 0.944. The van der Waals surface area contributed by atoms with Crippen molar-refractivity contribution in [3.8, 4) is 0 Å². The van der Waals surface area contributed by atoms with E-state index in [4.69, 9.17) is 4.52 Å². The molecular formula is C19H18FN3O4S. The zero-order valence-corrected chi connectivity index (χ0v) is 15.9. The van der Waals surface area contributed by atoms with E-state index in [0.29, 0.717) is 29.6 Å². The number of aromatic nitrogens is 1. The minimum Gasteiger partial charge on any atom is -0.355 e. The average molecular weight is 403 g/mol. The van der Waals surface area contributed by atoms with Crippen molar-refractivity contribution in [3.05, 3.63) is 53.5 Å². The predicted molar refractivity (Wildman–Crippen MR) is 101 cm³/mol. The topological polar surface area (TPSA) is 92.5 Å². The Morgan fingerprint density at radius 3 is 2.64 bits per heavy atom. The minimum atomic E-state index is -3.98. The number of aryl methyl sites for hydroxylation is 1. The molecule has 4 rings (SSSR count). The minimum absolute atomic E-state index is 0.0698. The molecule has 146 valence electrons. The number of halogens is 1. The van der Waals surface area contributed by atoms with Gasteiger partial charge in [0.1, 0.15) is 5.82 Å². The Morgan fingerprint density at radius 1 is 1.18 bits per heavy atom. The molecule has 28 heavy (non-hydrogen) atoms. The van der Waals surface area contributed by atoms with E-state index in [-0.39, 0.29) is 22.2 Å². The third-order valence-electron chi connectivity index (χ3n) is 4.77. The second kappa shape index (κ2) is 6.90. The number of nitrogens with one attached hydrogen (secondary N) is 1. The van der Waals surface area contributed by atoms with Gasteiger partial charge in [-0.2, -0.15) is 0 Å². The lowest BCUT2D eigenvalue weighted by Crippen LogP contribution is -2.28. The molecule has 0 unspecified atom stereocenters. The van der Waals surface area contributed by atoms with Crippen molar-refractivity contribution in [1.82, 2.24) is 10.1 Å². The quantitative estimate of drug-likeness (QED) is 0.721. The molecule has 1 aromatic heterocycles. The van der Waals surface area contributed by atoms with Gasteiger partial charge in [0.25, 0.3) is 15.9 Å². The molecule has 1 aliphatic rings. The first-order valence-corrected chi connectivity index (χ1v) is 10.3. The van der Waals surface area contributed by atoms with Crippen LogP contribution in [0.1, 0.15) is 28.9 Å². The molecule has 0 saturated carbocycles. The number of likely N-dealkylation sites (tertiary alicyclic amines) is 1. The monoisotopic (exact) mass is 403 g/mol. The first kappa shape index (κ1) is 18.4. The second-order valence-corrected chi connectivity index (χ2v) is 8.44. The van der Waals surface area contributed by atoms with Crippen molar-refractivity contribution in [2.24, 2.45) is 0 Å². The molecule has 3 aromatic rings. The van der Waals surface area contributed by atoms with E-state index < -0.39 is 15.8 Å². The van der Waals surface area contributed by atoms with E-state index in [2.05, 4.69) is 9.88 Å². The highest BCUT2D eigenvalue weighted by Gasteiger charge is 2.26. The molecule has 1 N–H and O–H groups in total. The van der Waals surface area contributed by atoms with Crippen LogP contribution >= 0.6 is 0 Å². The number of anilines is 1. The number of hydrogen-bond donors (Lipinski definition) is 1. The predicted octanol–water partition coefficient (Wildman–Crippen LogP) is 3.31. The highest BCUT2D eigenvalue weighted by Crippen LogP contribution is 2.26. The van der Waals surface area contributed by atoms with Crippen molar-refractivity contribution in [3.63, 3.8) is 0 Å². The van der Waals surface area contributed by atoms with E-state index in [9.17, 15) is 17.6 Å². The van der Waals surface area contributed by atoms with E-state index in [1.54, 1.807) is 11.8 Å². The van der Waals surface area contributed by atoms with Crippen LogP contribution in [0.2, 0.25) is 0 Å². The van der Waals surface area contributed by atoms with Crippen LogP contribution in [0, 0.1) is 12.7 Å². The second-order valence-electron chi connectivity index (χ2n) is 6.76. The fraction of sp³-hybridized carbons (Fsp3) is 0.263. The third-order valence-corrected chi connectivity index (χ3v) is 6.15. The van der Waals surface area contributed by atoms with E-state index >= 15 is 0 Å². The Morgan fingerprint density at radius 2 is 1.93 bits per heavy atom. The number of rotatable bonds is 4. The van der Waals surface area contributed by atoms with Crippen molar-refractivity contribution >= 4 is 32.6 Å². The van der Waals surface area contributed by atoms with Gasteiger partial charge in [-0.15, -0.1) is 0 Å². The molecule has 1 saturated heterocycles. The number of nitrogens with zero attached hydrogens (tertiary/aromatic N) is 2. The lowest BCUT2D eigenvalue weighted by Gasteiger charge is -2.13. The largest absolute Gasteiger partial charge is 0.355 e. The number of benzene rings is 2. The van der Waals surface area contributed by atoms with Crippen LogP contribution in [0.3, 0.4) is 0 Å². The van der Waals surface area contributed by atoms with Crippen molar-refractivity contribution < 1.29 is 22.1 Å². The summed E-state index contributed by atoms with van der Waals surface area (Å²) in [7, 11) is -3.98. The first-order chi connectivity index (χ1) is 13.3. The van der Waals surface area contributed by atoms with Crippen LogP contribution < -0.4 is 4.72 Å². The Balaban J connectivity index is 1.68. The normalized spacial score (nSPS) is 14.6. The summed E-state index contributed by atoms with van der Waals surface area (Å²) < 4.78 is 46.7. The fourth-order valence-corrected chi connectivity index (χ4v) is 4.25. The van der Waals surface area contributed by atoms with Crippen LogP contribution in [0.4, 0.5) is 10.1 Å². The maximum atomic E-state index is 13.7. The van der Waals surface area contributed by atoms with E-state index in [1.807, 2.05) is 0 Å². The summed E-state index contributed by atoms with van der Waals surface area (Å²) in [5.74, 6) is -0.785. The summed E-state index contributed by atoms with van der Waals surface area (Å²) in [4.78, 5) is 14.2. The number of carbonyl (C=O) groups is 1. The zero-order valence-electron chi connectivity index (χ0n) is 15.1. The molecule has 9 heteroatoms. The van der Waals surface area contributed by atoms with Gasteiger partial charge in [0.2, 0.25) is 0 Å². The van der Waals surface area contributed by atoms with Crippen molar-refractivity contribution in [2.45, 2.75) is 24.7 Å². The van der Waals surface area contributed by atoms with E-state index in [1.165, 1.54) is 30.3 Å². The van der Waals surface area contributed by atoms with Crippen LogP contribution in [-0.4, -0.2) is 37.5 Å². The molecule has 2 heterocycles. The van der Waals surface area contributed by atoms with Gasteiger partial charge < -0.3 is 9.42 Å². The van der Waals surface area contributed by atoms with Crippen LogP contribution in [0.15, 0.2) is 45.8 Å². The first-order valence-electron chi connectivity index (χ1n) is 8.83. The summed E-state index contributed by atoms with van der Waals surface area (Å²) >= 11 is 0. The summed E-state index contributed by atoms with van der Waals surface area (Å²) in [6.07, 6.45) is 1.86. The van der Waals surface area contributed by atoms with Crippen molar-refractivity contribution in [1.29, 1.82) is 0 Å². The maximum absolute atomic E-state index is 13.7. The average Bonchev–Trinajstić information content (AvgIpc) is 3.33. The SMILES string of the molecule is Cc1ccc(NS(=O)(=O)c2ccc3onc(C(=O)N4CCCC4)c3c2)cc1F. The van der Waals surface area contributed by atoms with Crippen LogP contribution in [0.5, 0.6) is 0 Å². The molecule has 1 fully saturated rings. The number of sulfonamides is 1. The summed E-state index contributed by atoms with van der Waals surface area (Å²) in [6.45, 7) is 2.88. The third kappa shape index (κ3) is 3.33. The van der Waals surface area contributed by atoms with E-state index in [0.717, 1.165) is 18.9 Å². The molecular weight excluding hydrogens is 385 g/mol. The lowest BCUT2D eigenvalue weighted by molar-refractivity contribution is 0.0784. The smallest absolute Gasteiger partial charge is 0.276 e. The molecule has 0 spiro atoms. The maximum Gasteiger partial charge on any atom is 0.276 e. The van der Waals surface area contributed by atoms with Gasteiger partial charge in [-0.05, 0) is 55.7 Å². The molecule has 0 radical (unpaired) electrons. The molecule has 0 bridgehead atoms. The standard InChI is InChI=1S/C19H18FN3O4S/c1-12-4-5-13(10-16(12)20)22-28(25,26)14-6-7-17-15(11-14)18(21-27-17)19(24)23-8-2-3-9-23/h4-7,10-11,22H,2-3,8-9H2,1H3. The van der Waals surface area contributed by atoms with Gasteiger partial charge in [0.05, 0.1) is 16.0 Å². The summed E-state index contributed by atoms with van der Waals surface area (Å²) in [5, 5.41) is 4.17. The molecule has 0 atom stereocenters. The van der Waals surface area contributed by atoms with Gasteiger partial charge in [-0.25, -0.2) is 12.8 Å². The molecule has 0 aliphatic carbocycles. The molecule has 1 amide bonds. The highest BCUT2D eigenvalue weighted by atomic mass is 32.2. The molecule has 7 nitrogen and oxygen atoms in total. The number of amides is 1. The Bertz CT molecular complexity index is 1170. The van der Waals surface area contributed by atoms with Gasteiger partial charge in [0, 0.05) is 13.1 Å².